The van der Waals surface area contributed by atoms with Crippen LogP contribution in [0.1, 0.15) is 32.1 Å². The van der Waals surface area contributed by atoms with Gasteiger partial charge < -0.3 is 19.4 Å². The van der Waals surface area contributed by atoms with Crippen molar-refractivity contribution in [2.24, 2.45) is 0 Å². The summed E-state index contributed by atoms with van der Waals surface area (Å²) in [5.74, 6) is 0.335. The van der Waals surface area contributed by atoms with Gasteiger partial charge in [-0.15, -0.1) is 0 Å². The van der Waals surface area contributed by atoms with Crippen molar-refractivity contribution in [3.63, 3.8) is 0 Å². The zero-order chi connectivity index (χ0) is 16.2. The third kappa shape index (κ3) is 3.79. The first-order valence-corrected chi connectivity index (χ1v) is 8.20. The second-order valence-corrected chi connectivity index (χ2v) is 6.74. The fourth-order valence-electron chi connectivity index (χ4n) is 3.70. The van der Waals surface area contributed by atoms with Crippen molar-refractivity contribution in [3.8, 4) is 0 Å². The topological polar surface area (TPSA) is 53.1 Å². The molecule has 0 bridgehead atoms. The summed E-state index contributed by atoms with van der Waals surface area (Å²) in [6, 6.07) is 0. The van der Waals surface area contributed by atoms with Gasteiger partial charge in [0.15, 0.2) is 0 Å². The molecule has 0 aromatic rings. The SMILES string of the molecule is COCC(=O)N1CCC[C@@]2(CCC(=O)N2CCN(C)C)CC1. The molecule has 0 unspecified atom stereocenters. The van der Waals surface area contributed by atoms with Crippen molar-refractivity contribution in [1.29, 1.82) is 0 Å². The highest BCUT2D eigenvalue weighted by Crippen LogP contribution is 2.38. The highest BCUT2D eigenvalue weighted by Gasteiger charge is 2.45. The second kappa shape index (κ2) is 7.42. The molecule has 6 nitrogen and oxygen atoms in total. The monoisotopic (exact) mass is 311 g/mol. The maximum atomic E-state index is 12.3. The van der Waals surface area contributed by atoms with E-state index < -0.39 is 0 Å². The van der Waals surface area contributed by atoms with Crippen LogP contribution in [0.4, 0.5) is 0 Å². The van der Waals surface area contributed by atoms with Gasteiger partial charge in [-0.1, -0.05) is 0 Å². The molecule has 0 N–H and O–H groups in total. The van der Waals surface area contributed by atoms with Crippen LogP contribution in [0.3, 0.4) is 0 Å². The van der Waals surface area contributed by atoms with Crippen LogP contribution in [0.2, 0.25) is 0 Å². The number of nitrogens with zero attached hydrogens (tertiary/aromatic N) is 3. The van der Waals surface area contributed by atoms with E-state index in [1.807, 2.05) is 19.0 Å². The van der Waals surface area contributed by atoms with Crippen LogP contribution in [0, 0.1) is 0 Å². The van der Waals surface area contributed by atoms with Crippen LogP contribution in [0.25, 0.3) is 0 Å². The van der Waals surface area contributed by atoms with Crippen LogP contribution >= 0.6 is 0 Å². The van der Waals surface area contributed by atoms with Crippen molar-refractivity contribution in [2.75, 3.05) is 54.0 Å². The second-order valence-electron chi connectivity index (χ2n) is 6.74. The molecular formula is C16H29N3O3. The predicted molar refractivity (Wildman–Crippen MR) is 84.5 cm³/mol. The first-order chi connectivity index (χ1) is 10.5. The summed E-state index contributed by atoms with van der Waals surface area (Å²) in [6.45, 7) is 3.33. The van der Waals surface area contributed by atoms with E-state index in [-0.39, 0.29) is 24.0 Å². The molecule has 2 amide bonds. The van der Waals surface area contributed by atoms with Gasteiger partial charge in [-0.25, -0.2) is 0 Å². The fourth-order valence-corrected chi connectivity index (χ4v) is 3.70. The molecular weight excluding hydrogens is 282 g/mol. The van der Waals surface area contributed by atoms with Gasteiger partial charge in [0.2, 0.25) is 11.8 Å². The number of hydrogen-bond donors (Lipinski definition) is 0. The Morgan fingerprint density at radius 2 is 2.05 bits per heavy atom. The number of rotatable bonds is 5. The lowest BCUT2D eigenvalue weighted by atomic mass is 9.87. The van der Waals surface area contributed by atoms with Crippen LogP contribution < -0.4 is 0 Å². The van der Waals surface area contributed by atoms with Gasteiger partial charge >= 0.3 is 0 Å². The van der Waals surface area contributed by atoms with Gasteiger partial charge in [0, 0.05) is 45.2 Å². The lowest BCUT2D eigenvalue weighted by Crippen LogP contribution is -2.49. The first-order valence-electron chi connectivity index (χ1n) is 8.20. The van der Waals surface area contributed by atoms with E-state index in [1.165, 1.54) is 0 Å². The van der Waals surface area contributed by atoms with Crippen molar-refractivity contribution in [1.82, 2.24) is 14.7 Å². The van der Waals surface area contributed by atoms with E-state index in [0.717, 1.165) is 51.9 Å². The largest absolute Gasteiger partial charge is 0.375 e. The number of ether oxygens (including phenoxy) is 1. The molecule has 0 aliphatic carbocycles. The van der Waals surface area contributed by atoms with Crippen molar-refractivity contribution >= 4 is 11.8 Å². The highest BCUT2D eigenvalue weighted by molar-refractivity contribution is 5.80. The summed E-state index contributed by atoms with van der Waals surface area (Å²) in [7, 11) is 5.62. The third-order valence-electron chi connectivity index (χ3n) is 4.99. The molecule has 1 atom stereocenters. The third-order valence-corrected chi connectivity index (χ3v) is 4.99. The lowest BCUT2D eigenvalue weighted by Gasteiger charge is -2.38. The van der Waals surface area contributed by atoms with Gasteiger partial charge in [-0.05, 0) is 39.8 Å². The van der Waals surface area contributed by atoms with E-state index >= 15 is 0 Å². The summed E-state index contributed by atoms with van der Waals surface area (Å²) in [5, 5.41) is 0. The van der Waals surface area contributed by atoms with E-state index in [2.05, 4.69) is 9.80 Å². The number of likely N-dealkylation sites (N-methyl/N-ethyl adjacent to an activating group) is 1. The summed E-state index contributed by atoms with van der Waals surface area (Å²) in [5.41, 5.74) is -0.0325. The van der Waals surface area contributed by atoms with Crippen LogP contribution in [-0.4, -0.2) is 86.0 Å². The molecule has 0 radical (unpaired) electrons. The quantitative estimate of drug-likeness (QED) is 0.745. The normalized spacial score (nSPS) is 26.1. The van der Waals surface area contributed by atoms with Crippen molar-refractivity contribution < 1.29 is 14.3 Å². The Morgan fingerprint density at radius 1 is 1.27 bits per heavy atom. The Labute approximate surface area is 133 Å². The number of amides is 2. The molecule has 0 aromatic heterocycles. The van der Waals surface area contributed by atoms with E-state index in [9.17, 15) is 9.59 Å². The van der Waals surface area contributed by atoms with Gasteiger partial charge in [-0.3, -0.25) is 9.59 Å². The molecule has 2 aliphatic rings. The van der Waals surface area contributed by atoms with E-state index in [1.54, 1.807) is 7.11 Å². The van der Waals surface area contributed by atoms with Crippen LogP contribution in [0.5, 0.6) is 0 Å². The molecule has 2 saturated heterocycles. The fraction of sp³-hybridized carbons (Fsp3) is 0.875. The highest BCUT2D eigenvalue weighted by atomic mass is 16.5. The predicted octanol–water partition coefficient (Wildman–Crippen LogP) is 0.568. The number of likely N-dealkylation sites (tertiary alicyclic amines) is 2. The average Bonchev–Trinajstić information content (AvgIpc) is 2.64. The Balaban J connectivity index is 2.02. The summed E-state index contributed by atoms with van der Waals surface area (Å²) >= 11 is 0. The maximum absolute atomic E-state index is 12.3. The molecule has 6 heteroatoms. The van der Waals surface area contributed by atoms with Crippen molar-refractivity contribution in [3.05, 3.63) is 0 Å². The number of carbonyl (C=O) groups is 2. The maximum Gasteiger partial charge on any atom is 0.248 e. The molecule has 2 heterocycles. The molecule has 2 rings (SSSR count). The standard InChI is InChI=1S/C16H29N3O3/c1-17(2)11-12-19-14(20)5-7-16(19)6-4-9-18(10-8-16)15(21)13-22-3/h4-13H2,1-3H3/t16-/m1/s1. The lowest BCUT2D eigenvalue weighted by molar-refractivity contribution is -0.135. The molecule has 0 saturated carbocycles. The number of hydrogen-bond acceptors (Lipinski definition) is 4. The van der Waals surface area contributed by atoms with Crippen molar-refractivity contribution in [2.45, 2.75) is 37.6 Å². The molecule has 1 spiro atoms. The van der Waals surface area contributed by atoms with E-state index in [0.29, 0.717) is 6.42 Å². The molecule has 2 aliphatic heterocycles. The van der Waals surface area contributed by atoms with Gasteiger partial charge in [0.1, 0.15) is 6.61 Å². The molecule has 22 heavy (non-hydrogen) atoms. The first kappa shape index (κ1) is 17.2. The number of carbonyl (C=O) groups excluding carboxylic acids is 2. The number of methoxy groups -OCH3 is 1. The van der Waals surface area contributed by atoms with Crippen LogP contribution in [0.15, 0.2) is 0 Å². The van der Waals surface area contributed by atoms with Gasteiger partial charge in [0.05, 0.1) is 0 Å². The zero-order valence-corrected chi connectivity index (χ0v) is 14.1. The van der Waals surface area contributed by atoms with Crippen LogP contribution in [-0.2, 0) is 14.3 Å². The summed E-state index contributed by atoms with van der Waals surface area (Å²) in [6.07, 6.45) is 4.44. The molecule has 126 valence electrons. The Kier molecular flexibility index (Phi) is 5.81. The minimum Gasteiger partial charge on any atom is -0.375 e. The summed E-state index contributed by atoms with van der Waals surface area (Å²) < 4.78 is 4.96. The van der Waals surface area contributed by atoms with Gasteiger partial charge in [0.25, 0.3) is 0 Å². The van der Waals surface area contributed by atoms with Gasteiger partial charge in [-0.2, -0.15) is 0 Å². The smallest absolute Gasteiger partial charge is 0.248 e. The summed E-state index contributed by atoms with van der Waals surface area (Å²) in [4.78, 5) is 30.4. The Hall–Kier alpha value is -1.14. The zero-order valence-electron chi connectivity index (χ0n) is 14.1. The molecule has 0 aromatic carbocycles. The Morgan fingerprint density at radius 3 is 2.73 bits per heavy atom. The average molecular weight is 311 g/mol. The van der Waals surface area contributed by atoms with E-state index in [4.69, 9.17) is 4.74 Å². The Bertz CT molecular complexity index is 413. The molecule has 2 fully saturated rings. The minimum absolute atomic E-state index is 0.0325. The minimum atomic E-state index is -0.0325.